The van der Waals surface area contributed by atoms with Gasteiger partial charge >= 0.3 is 0 Å². The maximum absolute atomic E-state index is 5.92. The summed E-state index contributed by atoms with van der Waals surface area (Å²) in [6.07, 6.45) is 1.70. The number of rotatable bonds is 0. The van der Waals surface area contributed by atoms with Gasteiger partial charge in [-0.2, -0.15) is 0 Å². The fourth-order valence-corrected chi connectivity index (χ4v) is 1.81. The summed E-state index contributed by atoms with van der Waals surface area (Å²) >= 11 is 11.7. The zero-order valence-corrected chi connectivity index (χ0v) is 7.58. The van der Waals surface area contributed by atoms with Crippen molar-refractivity contribution in [2.24, 2.45) is 0 Å². The topological polar surface area (TPSA) is 41.8 Å². The molecule has 0 aliphatic rings. The smallest absolute Gasteiger partial charge is 0.0586 e. The average molecular weight is 201 g/mol. The van der Waals surface area contributed by atoms with E-state index < -0.39 is 0 Å². The first-order chi connectivity index (χ1) is 5.68. The predicted molar refractivity (Wildman–Crippen MR) is 52.7 cm³/mol. The molecule has 0 radical (unpaired) electrons. The van der Waals surface area contributed by atoms with Crippen molar-refractivity contribution >= 4 is 39.8 Å². The molecular weight excluding hydrogens is 195 g/mol. The van der Waals surface area contributed by atoms with E-state index in [-0.39, 0.29) is 0 Å². The van der Waals surface area contributed by atoms with Crippen LogP contribution in [0.3, 0.4) is 0 Å². The van der Waals surface area contributed by atoms with Gasteiger partial charge in [0, 0.05) is 16.6 Å². The summed E-state index contributed by atoms with van der Waals surface area (Å²) < 4.78 is 0. The Hall–Kier alpha value is -0.860. The van der Waals surface area contributed by atoms with Crippen molar-refractivity contribution in [1.29, 1.82) is 0 Å². The van der Waals surface area contributed by atoms with Crippen LogP contribution in [0.2, 0.25) is 10.0 Å². The van der Waals surface area contributed by atoms with Crippen LogP contribution in [0.4, 0.5) is 5.69 Å². The fraction of sp³-hybridized carbons (Fsp3) is 0. The molecule has 1 aromatic heterocycles. The molecule has 2 nitrogen and oxygen atoms in total. The van der Waals surface area contributed by atoms with E-state index in [1.807, 2.05) is 0 Å². The molecule has 12 heavy (non-hydrogen) atoms. The largest absolute Gasteiger partial charge is 0.397 e. The molecule has 0 fully saturated rings. The minimum absolute atomic E-state index is 0.580. The number of hydrogen-bond acceptors (Lipinski definition) is 1. The van der Waals surface area contributed by atoms with Crippen LogP contribution in [0.25, 0.3) is 10.9 Å². The van der Waals surface area contributed by atoms with E-state index in [9.17, 15) is 0 Å². The van der Waals surface area contributed by atoms with Gasteiger partial charge in [-0.15, -0.1) is 0 Å². The van der Waals surface area contributed by atoms with Crippen LogP contribution < -0.4 is 5.73 Å². The number of anilines is 1. The highest BCUT2D eigenvalue weighted by molar-refractivity contribution is 6.39. The predicted octanol–water partition coefficient (Wildman–Crippen LogP) is 3.06. The Morgan fingerprint density at radius 3 is 2.75 bits per heavy atom. The van der Waals surface area contributed by atoms with Crippen molar-refractivity contribution in [2.75, 3.05) is 5.73 Å². The lowest BCUT2D eigenvalue weighted by Crippen LogP contribution is -1.80. The Balaban J connectivity index is 2.93. The Labute approximate surface area is 79.3 Å². The van der Waals surface area contributed by atoms with Crippen molar-refractivity contribution in [3.8, 4) is 0 Å². The molecule has 0 unspecified atom stereocenters. The number of nitrogens with one attached hydrogen (secondary N) is 1. The number of hydrogen-bond donors (Lipinski definition) is 2. The maximum Gasteiger partial charge on any atom is 0.0586 e. The van der Waals surface area contributed by atoms with Crippen LogP contribution in [0.5, 0.6) is 0 Å². The molecule has 3 N–H and O–H groups in total. The average Bonchev–Trinajstić information content (AvgIpc) is 2.31. The molecule has 0 spiro atoms. The van der Waals surface area contributed by atoms with Crippen molar-refractivity contribution < 1.29 is 0 Å². The first-order valence-electron chi connectivity index (χ1n) is 3.40. The highest BCUT2D eigenvalue weighted by atomic mass is 35.5. The number of H-pyrrole nitrogens is 1. The maximum atomic E-state index is 5.92. The number of nitrogens with two attached hydrogens (primary N) is 1. The molecule has 1 heterocycles. The third kappa shape index (κ3) is 1.04. The lowest BCUT2D eigenvalue weighted by Gasteiger charge is -1.96. The first-order valence-corrected chi connectivity index (χ1v) is 4.15. The van der Waals surface area contributed by atoms with Gasteiger partial charge in [0.1, 0.15) is 0 Å². The molecule has 0 aliphatic carbocycles. The van der Waals surface area contributed by atoms with E-state index in [1.54, 1.807) is 18.3 Å². The number of fused-ring (bicyclic) bond motifs is 1. The van der Waals surface area contributed by atoms with Crippen molar-refractivity contribution in [3.05, 3.63) is 28.4 Å². The monoisotopic (exact) mass is 200 g/mol. The Morgan fingerprint density at radius 1 is 1.25 bits per heavy atom. The van der Waals surface area contributed by atoms with Gasteiger partial charge in [-0.3, -0.25) is 0 Å². The third-order valence-electron chi connectivity index (χ3n) is 1.73. The van der Waals surface area contributed by atoms with Gasteiger partial charge in [-0.05, 0) is 12.1 Å². The summed E-state index contributed by atoms with van der Waals surface area (Å²) in [5.74, 6) is 0. The third-order valence-corrected chi connectivity index (χ3v) is 2.24. The summed E-state index contributed by atoms with van der Waals surface area (Å²) in [6.45, 7) is 0. The van der Waals surface area contributed by atoms with E-state index in [4.69, 9.17) is 28.9 Å². The molecule has 0 bridgehead atoms. The molecule has 2 rings (SSSR count). The molecule has 62 valence electrons. The summed E-state index contributed by atoms with van der Waals surface area (Å²) in [6, 6.07) is 3.47. The molecule has 0 saturated carbocycles. The second-order valence-corrected chi connectivity index (χ2v) is 3.40. The van der Waals surface area contributed by atoms with Gasteiger partial charge in [0.2, 0.25) is 0 Å². The zero-order chi connectivity index (χ0) is 8.72. The van der Waals surface area contributed by atoms with Crippen molar-refractivity contribution in [1.82, 2.24) is 4.98 Å². The van der Waals surface area contributed by atoms with Crippen LogP contribution in [0.15, 0.2) is 18.3 Å². The van der Waals surface area contributed by atoms with Crippen molar-refractivity contribution in [2.45, 2.75) is 0 Å². The number of halogens is 2. The standard InChI is InChI=1S/C8H6Cl2N2/c9-4-1-5(10)8-6(11)3-12-7(8)2-4/h1-3,12H,11H2. The highest BCUT2D eigenvalue weighted by Crippen LogP contribution is 2.31. The highest BCUT2D eigenvalue weighted by Gasteiger charge is 2.05. The van der Waals surface area contributed by atoms with Crippen molar-refractivity contribution in [3.63, 3.8) is 0 Å². The number of aromatic amines is 1. The molecule has 0 atom stereocenters. The Kier molecular flexibility index (Phi) is 1.67. The van der Waals surface area contributed by atoms with E-state index in [0.717, 1.165) is 10.9 Å². The molecule has 1 aromatic carbocycles. The molecule has 0 amide bonds. The molecule has 2 aromatic rings. The second kappa shape index (κ2) is 2.57. The SMILES string of the molecule is Nc1c[nH]c2cc(Cl)cc(Cl)c12. The number of aromatic nitrogens is 1. The summed E-state index contributed by atoms with van der Waals surface area (Å²) in [5, 5.41) is 2.02. The lowest BCUT2D eigenvalue weighted by atomic mass is 10.2. The van der Waals surface area contributed by atoms with E-state index in [2.05, 4.69) is 4.98 Å². The van der Waals surface area contributed by atoms with Crippen LogP contribution in [-0.2, 0) is 0 Å². The number of nitrogen functional groups attached to an aromatic ring is 1. The van der Waals surface area contributed by atoms with E-state index in [0.29, 0.717) is 15.7 Å². The van der Waals surface area contributed by atoms with Gasteiger partial charge in [0.25, 0.3) is 0 Å². The summed E-state index contributed by atoms with van der Waals surface area (Å²) in [4.78, 5) is 2.98. The quantitative estimate of drug-likeness (QED) is 0.675. The Morgan fingerprint density at radius 2 is 2.00 bits per heavy atom. The van der Waals surface area contributed by atoms with Crippen LogP contribution >= 0.6 is 23.2 Å². The van der Waals surface area contributed by atoms with Gasteiger partial charge < -0.3 is 10.7 Å². The van der Waals surface area contributed by atoms with E-state index in [1.165, 1.54) is 0 Å². The first kappa shape index (κ1) is 7.77. The second-order valence-electron chi connectivity index (χ2n) is 2.55. The lowest BCUT2D eigenvalue weighted by molar-refractivity contribution is 1.48. The normalized spacial score (nSPS) is 10.8. The Bertz CT molecular complexity index is 434. The number of benzene rings is 1. The molecule has 0 aliphatic heterocycles. The zero-order valence-electron chi connectivity index (χ0n) is 6.07. The molecular formula is C8H6Cl2N2. The van der Waals surface area contributed by atoms with Gasteiger partial charge in [-0.1, -0.05) is 23.2 Å². The van der Waals surface area contributed by atoms with Gasteiger partial charge in [0.05, 0.1) is 16.2 Å². The van der Waals surface area contributed by atoms with Gasteiger partial charge in [-0.25, -0.2) is 0 Å². The minimum atomic E-state index is 0.580. The summed E-state index contributed by atoms with van der Waals surface area (Å²) in [7, 11) is 0. The van der Waals surface area contributed by atoms with Crippen LogP contribution in [0, 0.1) is 0 Å². The summed E-state index contributed by atoms with van der Waals surface area (Å²) in [5.41, 5.74) is 7.18. The van der Waals surface area contributed by atoms with E-state index >= 15 is 0 Å². The fourth-order valence-electron chi connectivity index (χ4n) is 1.21. The van der Waals surface area contributed by atoms with Crippen LogP contribution in [-0.4, -0.2) is 4.98 Å². The molecule has 4 heteroatoms. The minimum Gasteiger partial charge on any atom is -0.397 e. The van der Waals surface area contributed by atoms with Gasteiger partial charge in [0.15, 0.2) is 0 Å². The van der Waals surface area contributed by atoms with Crippen LogP contribution in [0.1, 0.15) is 0 Å². The molecule has 0 saturated heterocycles.